The van der Waals surface area contributed by atoms with Crippen LogP contribution in [0.2, 0.25) is 10.0 Å². The topological polar surface area (TPSA) is 66.4 Å². The molecule has 0 aliphatic rings. The van der Waals surface area contributed by atoms with E-state index in [1.165, 1.54) is 0 Å². The van der Waals surface area contributed by atoms with Crippen LogP contribution in [-0.2, 0) is 15.6 Å². The highest BCUT2D eigenvalue weighted by atomic mass is 35.5. The van der Waals surface area contributed by atoms with Crippen LogP contribution in [0, 0.1) is 0 Å². The minimum Gasteiger partial charge on any atom is -0.394 e. The van der Waals surface area contributed by atoms with Gasteiger partial charge in [-0.1, -0.05) is 65.7 Å². The van der Waals surface area contributed by atoms with E-state index in [4.69, 9.17) is 23.2 Å². The second kappa shape index (κ2) is 9.28. The van der Waals surface area contributed by atoms with Crippen molar-refractivity contribution in [1.82, 2.24) is 5.32 Å². The first kappa shape index (κ1) is 21.8. The summed E-state index contributed by atoms with van der Waals surface area (Å²) in [5.41, 5.74) is 3.11. The molecule has 0 aliphatic carbocycles. The summed E-state index contributed by atoms with van der Waals surface area (Å²) in [5, 5.41) is 13.5. The molecule has 0 bridgehead atoms. The molecule has 0 saturated carbocycles. The molecule has 1 atom stereocenters. The van der Waals surface area contributed by atoms with Crippen molar-refractivity contribution in [3.63, 3.8) is 0 Å². The number of rotatable bonds is 7. The maximum absolute atomic E-state index is 12.9. The van der Waals surface area contributed by atoms with Gasteiger partial charge in [0.2, 0.25) is 0 Å². The average molecular weight is 450 g/mol. The molecule has 2 N–H and O–H groups in total. The quantitative estimate of drug-likeness (QED) is 0.538. The Balaban J connectivity index is 1.84. The minimum absolute atomic E-state index is 0.0680. The monoisotopic (exact) mass is 449 g/mol. The van der Waals surface area contributed by atoms with Gasteiger partial charge in [0.1, 0.15) is 0 Å². The van der Waals surface area contributed by atoms with Crippen molar-refractivity contribution in [2.75, 3.05) is 13.7 Å². The number of sulfone groups is 1. The Morgan fingerprint density at radius 3 is 2.34 bits per heavy atom. The fourth-order valence-corrected chi connectivity index (χ4v) is 4.98. The highest BCUT2D eigenvalue weighted by molar-refractivity contribution is 7.90. The van der Waals surface area contributed by atoms with Gasteiger partial charge in [0.25, 0.3) is 0 Å². The second-order valence-electron chi connectivity index (χ2n) is 6.68. The van der Waals surface area contributed by atoms with E-state index >= 15 is 0 Å². The standard InChI is InChI=1S/C22H21Cl2NO3S/c1-25-22(13-26)17-4-2-3-15(11-17)14-29(27,28)19-8-5-16(6-9-19)20-10-7-18(23)12-21(20)24/h2-12,22,25-26H,13-14H2,1H3. The zero-order chi connectivity index (χ0) is 21.0. The van der Waals surface area contributed by atoms with Gasteiger partial charge in [0.15, 0.2) is 9.84 Å². The first-order valence-electron chi connectivity index (χ1n) is 8.99. The lowest BCUT2D eigenvalue weighted by atomic mass is 10.1. The van der Waals surface area contributed by atoms with E-state index in [2.05, 4.69) is 5.32 Å². The van der Waals surface area contributed by atoms with E-state index in [1.54, 1.807) is 67.7 Å². The zero-order valence-corrected chi connectivity index (χ0v) is 18.1. The molecule has 3 aromatic carbocycles. The zero-order valence-electron chi connectivity index (χ0n) is 15.8. The van der Waals surface area contributed by atoms with E-state index in [0.29, 0.717) is 15.6 Å². The summed E-state index contributed by atoms with van der Waals surface area (Å²) in [6.45, 7) is -0.0680. The number of benzene rings is 3. The Morgan fingerprint density at radius 2 is 1.72 bits per heavy atom. The number of hydrogen-bond acceptors (Lipinski definition) is 4. The molecule has 0 aromatic heterocycles. The van der Waals surface area contributed by atoms with E-state index in [1.807, 2.05) is 6.07 Å². The normalized spacial score (nSPS) is 12.7. The van der Waals surface area contributed by atoms with Crippen LogP contribution in [0.5, 0.6) is 0 Å². The molecule has 1 unspecified atom stereocenters. The number of hydrogen-bond donors (Lipinski definition) is 2. The Labute approximate surface area is 181 Å². The van der Waals surface area contributed by atoms with Crippen molar-refractivity contribution < 1.29 is 13.5 Å². The fraction of sp³-hybridized carbons (Fsp3) is 0.182. The highest BCUT2D eigenvalue weighted by Gasteiger charge is 2.17. The number of likely N-dealkylation sites (N-methyl/N-ethyl adjacent to an activating group) is 1. The lowest BCUT2D eigenvalue weighted by Crippen LogP contribution is -2.20. The van der Waals surface area contributed by atoms with E-state index in [-0.39, 0.29) is 23.3 Å². The Morgan fingerprint density at radius 1 is 1.00 bits per heavy atom. The van der Waals surface area contributed by atoms with Gasteiger partial charge in [-0.2, -0.15) is 0 Å². The number of aliphatic hydroxyl groups excluding tert-OH is 1. The summed E-state index contributed by atoms with van der Waals surface area (Å²) in [5.74, 6) is -0.121. The maximum Gasteiger partial charge on any atom is 0.182 e. The van der Waals surface area contributed by atoms with Crippen LogP contribution in [0.3, 0.4) is 0 Å². The number of nitrogens with one attached hydrogen (secondary N) is 1. The Kier molecular flexibility index (Phi) is 6.98. The van der Waals surface area contributed by atoms with Crippen molar-refractivity contribution in [3.8, 4) is 11.1 Å². The third kappa shape index (κ3) is 5.18. The van der Waals surface area contributed by atoms with Gasteiger partial charge in [-0.05, 0) is 48.0 Å². The molecule has 0 spiro atoms. The average Bonchev–Trinajstić information content (AvgIpc) is 2.69. The van der Waals surface area contributed by atoms with Crippen molar-refractivity contribution >= 4 is 33.0 Å². The molecule has 3 aromatic rings. The summed E-state index contributed by atoms with van der Waals surface area (Å²) in [6.07, 6.45) is 0. The smallest absolute Gasteiger partial charge is 0.182 e. The van der Waals surface area contributed by atoms with Gasteiger partial charge in [-0.15, -0.1) is 0 Å². The molecule has 0 amide bonds. The van der Waals surface area contributed by atoms with Gasteiger partial charge in [0.05, 0.1) is 23.3 Å². The van der Waals surface area contributed by atoms with Gasteiger partial charge in [-0.3, -0.25) is 0 Å². The van der Waals surface area contributed by atoms with Gasteiger partial charge < -0.3 is 10.4 Å². The third-order valence-electron chi connectivity index (χ3n) is 4.70. The molecule has 0 saturated heterocycles. The molecule has 0 radical (unpaired) electrons. The van der Waals surface area contributed by atoms with Crippen LogP contribution in [0.4, 0.5) is 0 Å². The van der Waals surface area contributed by atoms with Crippen LogP contribution in [0.1, 0.15) is 17.2 Å². The summed E-state index contributed by atoms with van der Waals surface area (Å²) < 4.78 is 25.7. The summed E-state index contributed by atoms with van der Waals surface area (Å²) in [6, 6.07) is 18.8. The predicted molar refractivity (Wildman–Crippen MR) is 118 cm³/mol. The van der Waals surface area contributed by atoms with Gasteiger partial charge >= 0.3 is 0 Å². The largest absolute Gasteiger partial charge is 0.394 e. The number of aliphatic hydroxyl groups is 1. The maximum atomic E-state index is 12.9. The molecule has 7 heteroatoms. The van der Waals surface area contributed by atoms with Gasteiger partial charge in [-0.25, -0.2) is 8.42 Å². The molecule has 0 fully saturated rings. The fourth-order valence-electron chi connectivity index (χ4n) is 3.13. The molecule has 0 aliphatic heterocycles. The summed E-state index contributed by atoms with van der Waals surface area (Å²) in [4.78, 5) is 0.240. The summed E-state index contributed by atoms with van der Waals surface area (Å²) >= 11 is 12.2. The molecular formula is C22H21Cl2NO3S. The van der Waals surface area contributed by atoms with Crippen molar-refractivity contribution in [2.24, 2.45) is 0 Å². The predicted octanol–water partition coefficient (Wildman–Crippen LogP) is 4.89. The first-order chi connectivity index (χ1) is 13.8. The van der Waals surface area contributed by atoms with Crippen molar-refractivity contribution in [3.05, 3.63) is 87.9 Å². The first-order valence-corrected chi connectivity index (χ1v) is 11.4. The van der Waals surface area contributed by atoms with E-state index < -0.39 is 9.84 Å². The van der Waals surface area contributed by atoms with Crippen LogP contribution in [0.15, 0.2) is 71.6 Å². The lowest BCUT2D eigenvalue weighted by Gasteiger charge is -2.14. The minimum atomic E-state index is -3.52. The molecule has 3 rings (SSSR count). The highest BCUT2D eigenvalue weighted by Crippen LogP contribution is 2.31. The van der Waals surface area contributed by atoms with E-state index in [9.17, 15) is 13.5 Å². The van der Waals surface area contributed by atoms with E-state index in [0.717, 1.165) is 16.7 Å². The van der Waals surface area contributed by atoms with Crippen LogP contribution in [0.25, 0.3) is 11.1 Å². The SMILES string of the molecule is CNC(CO)c1cccc(CS(=O)(=O)c2ccc(-c3ccc(Cl)cc3Cl)cc2)c1. The Hall–Kier alpha value is -1.89. The van der Waals surface area contributed by atoms with Crippen molar-refractivity contribution in [1.29, 1.82) is 0 Å². The van der Waals surface area contributed by atoms with Crippen LogP contribution < -0.4 is 5.32 Å². The Bertz CT molecular complexity index is 1100. The van der Waals surface area contributed by atoms with Crippen LogP contribution in [-0.4, -0.2) is 27.2 Å². The second-order valence-corrected chi connectivity index (χ2v) is 9.51. The third-order valence-corrected chi connectivity index (χ3v) is 6.95. The molecular weight excluding hydrogens is 429 g/mol. The van der Waals surface area contributed by atoms with Crippen molar-refractivity contribution in [2.45, 2.75) is 16.7 Å². The lowest BCUT2D eigenvalue weighted by molar-refractivity contribution is 0.251. The molecule has 4 nitrogen and oxygen atoms in total. The van der Waals surface area contributed by atoms with Crippen LogP contribution >= 0.6 is 23.2 Å². The molecule has 152 valence electrons. The molecule has 0 heterocycles. The number of halogens is 2. The van der Waals surface area contributed by atoms with Gasteiger partial charge in [0, 0.05) is 15.6 Å². The molecule has 29 heavy (non-hydrogen) atoms. The summed E-state index contributed by atoms with van der Waals surface area (Å²) in [7, 11) is -1.77.